The number of nitrogens with one attached hydrogen (secondary N) is 1. The number of rotatable bonds is 7. The Bertz CT molecular complexity index is 398. The smallest absolute Gasteiger partial charge is 0.315 e. The predicted molar refractivity (Wildman–Crippen MR) is 70.4 cm³/mol. The Kier molecular flexibility index (Phi) is 5.91. The van der Waals surface area contributed by atoms with Crippen molar-refractivity contribution >= 4 is 0 Å². The molecule has 0 atom stereocenters. The Hall–Kier alpha value is -1.16. The molecule has 1 N–H and O–H groups in total. The van der Waals surface area contributed by atoms with Crippen LogP contribution in [0.15, 0.2) is 10.9 Å². The molecule has 17 heavy (non-hydrogen) atoms. The average molecular weight is 237 g/mol. The van der Waals surface area contributed by atoms with E-state index in [9.17, 15) is 4.79 Å². The van der Waals surface area contributed by atoms with Gasteiger partial charge >= 0.3 is 5.69 Å². The van der Waals surface area contributed by atoms with Crippen molar-refractivity contribution in [1.82, 2.24) is 14.9 Å². The van der Waals surface area contributed by atoms with Gasteiger partial charge in [0.15, 0.2) is 0 Å². The number of nitrogens with zero attached hydrogens (tertiary/aromatic N) is 2. The summed E-state index contributed by atoms with van der Waals surface area (Å²) in [4.78, 5) is 15.6. The standard InChI is InChI=1S/C13H23N3O/c1-4-5-6-7-14-8-9-16-12(3)10-11(2)15-13(16)17/h10,14H,4-9H2,1-3H3. The van der Waals surface area contributed by atoms with Crippen molar-refractivity contribution < 1.29 is 0 Å². The topological polar surface area (TPSA) is 46.9 Å². The lowest BCUT2D eigenvalue weighted by Crippen LogP contribution is -2.30. The second-order valence-corrected chi connectivity index (χ2v) is 4.43. The summed E-state index contributed by atoms with van der Waals surface area (Å²) in [7, 11) is 0. The van der Waals surface area contributed by atoms with Gasteiger partial charge in [-0.25, -0.2) is 4.79 Å². The van der Waals surface area contributed by atoms with E-state index in [0.29, 0.717) is 6.54 Å². The minimum atomic E-state index is -0.141. The van der Waals surface area contributed by atoms with E-state index in [1.165, 1.54) is 19.3 Å². The summed E-state index contributed by atoms with van der Waals surface area (Å²) in [5.74, 6) is 0. The first-order chi connectivity index (χ1) is 8.15. The Morgan fingerprint density at radius 1 is 1.29 bits per heavy atom. The summed E-state index contributed by atoms with van der Waals surface area (Å²) in [6.45, 7) is 8.55. The number of unbranched alkanes of at least 4 members (excludes halogenated alkanes) is 2. The lowest BCUT2D eigenvalue weighted by molar-refractivity contribution is 0.546. The van der Waals surface area contributed by atoms with Gasteiger partial charge in [0.05, 0.1) is 0 Å². The van der Waals surface area contributed by atoms with E-state index in [1.807, 2.05) is 19.9 Å². The Morgan fingerprint density at radius 3 is 2.71 bits per heavy atom. The first kappa shape index (κ1) is 13.9. The van der Waals surface area contributed by atoms with Gasteiger partial charge in [0, 0.05) is 24.5 Å². The summed E-state index contributed by atoms with van der Waals surface area (Å²) in [6.07, 6.45) is 3.71. The fourth-order valence-corrected chi connectivity index (χ4v) is 1.86. The number of aromatic nitrogens is 2. The summed E-state index contributed by atoms with van der Waals surface area (Å²) in [5, 5.41) is 3.35. The van der Waals surface area contributed by atoms with E-state index >= 15 is 0 Å². The van der Waals surface area contributed by atoms with Crippen LogP contribution >= 0.6 is 0 Å². The molecule has 0 fully saturated rings. The second-order valence-electron chi connectivity index (χ2n) is 4.43. The van der Waals surface area contributed by atoms with Crippen LogP contribution in [0.2, 0.25) is 0 Å². The van der Waals surface area contributed by atoms with Crippen LogP contribution in [0.4, 0.5) is 0 Å². The molecule has 4 nitrogen and oxygen atoms in total. The maximum Gasteiger partial charge on any atom is 0.347 e. The summed E-state index contributed by atoms with van der Waals surface area (Å²) >= 11 is 0. The largest absolute Gasteiger partial charge is 0.347 e. The van der Waals surface area contributed by atoms with Gasteiger partial charge in [0.25, 0.3) is 0 Å². The van der Waals surface area contributed by atoms with Gasteiger partial charge in [-0.15, -0.1) is 0 Å². The molecular formula is C13H23N3O. The fraction of sp³-hybridized carbons (Fsp3) is 0.692. The molecule has 1 rings (SSSR count). The molecule has 1 heterocycles. The average Bonchev–Trinajstić information content (AvgIpc) is 2.26. The molecule has 96 valence electrons. The molecule has 0 spiro atoms. The van der Waals surface area contributed by atoms with E-state index in [0.717, 1.165) is 24.5 Å². The lowest BCUT2D eigenvalue weighted by Gasteiger charge is -2.10. The fourth-order valence-electron chi connectivity index (χ4n) is 1.86. The number of hydrogen-bond donors (Lipinski definition) is 1. The molecule has 0 unspecified atom stereocenters. The third-order valence-corrected chi connectivity index (χ3v) is 2.82. The van der Waals surface area contributed by atoms with Crippen LogP contribution in [-0.4, -0.2) is 22.6 Å². The van der Waals surface area contributed by atoms with Crippen LogP contribution in [0, 0.1) is 13.8 Å². The van der Waals surface area contributed by atoms with Gasteiger partial charge in [-0.05, 0) is 32.9 Å². The van der Waals surface area contributed by atoms with Crippen molar-refractivity contribution in [3.05, 3.63) is 27.9 Å². The zero-order valence-electron chi connectivity index (χ0n) is 11.1. The predicted octanol–water partition coefficient (Wildman–Crippen LogP) is 1.64. The molecule has 0 amide bonds. The Labute approximate surface area is 103 Å². The van der Waals surface area contributed by atoms with Gasteiger partial charge in [-0.2, -0.15) is 4.98 Å². The van der Waals surface area contributed by atoms with E-state index in [1.54, 1.807) is 4.57 Å². The van der Waals surface area contributed by atoms with Crippen LogP contribution < -0.4 is 11.0 Å². The van der Waals surface area contributed by atoms with Crippen molar-refractivity contribution in [1.29, 1.82) is 0 Å². The molecule has 4 heteroatoms. The summed E-state index contributed by atoms with van der Waals surface area (Å²) in [6, 6.07) is 1.94. The molecule has 0 aliphatic carbocycles. The first-order valence-electron chi connectivity index (χ1n) is 6.41. The van der Waals surface area contributed by atoms with Crippen LogP contribution in [0.5, 0.6) is 0 Å². The molecule has 0 radical (unpaired) electrons. The van der Waals surface area contributed by atoms with Crippen molar-refractivity contribution in [2.45, 2.75) is 46.6 Å². The molecule has 1 aromatic heterocycles. The van der Waals surface area contributed by atoms with E-state index in [-0.39, 0.29) is 5.69 Å². The molecule has 0 saturated heterocycles. The monoisotopic (exact) mass is 237 g/mol. The quantitative estimate of drug-likeness (QED) is 0.733. The maximum absolute atomic E-state index is 11.7. The molecule has 0 aromatic carbocycles. The highest BCUT2D eigenvalue weighted by Crippen LogP contribution is 1.96. The normalized spacial score (nSPS) is 10.8. The maximum atomic E-state index is 11.7. The van der Waals surface area contributed by atoms with Gasteiger partial charge in [0.1, 0.15) is 0 Å². The van der Waals surface area contributed by atoms with Gasteiger partial charge in [-0.1, -0.05) is 19.8 Å². The summed E-state index contributed by atoms with van der Waals surface area (Å²) < 4.78 is 1.72. The first-order valence-corrected chi connectivity index (χ1v) is 6.41. The highest BCUT2D eigenvalue weighted by molar-refractivity contribution is 5.06. The lowest BCUT2D eigenvalue weighted by atomic mass is 10.2. The van der Waals surface area contributed by atoms with Gasteiger partial charge < -0.3 is 5.32 Å². The molecule has 0 saturated carbocycles. The number of aryl methyl sites for hydroxylation is 2. The van der Waals surface area contributed by atoms with Crippen molar-refractivity contribution in [2.75, 3.05) is 13.1 Å². The van der Waals surface area contributed by atoms with Crippen LogP contribution in [0.1, 0.15) is 37.6 Å². The number of hydrogen-bond acceptors (Lipinski definition) is 3. The van der Waals surface area contributed by atoms with Crippen LogP contribution in [0.3, 0.4) is 0 Å². The van der Waals surface area contributed by atoms with E-state index in [2.05, 4.69) is 17.2 Å². The molecule has 0 aliphatic heterocycles. The zero-order chi connectivity index (χ0) is 12.7. The molecule has 0 aliphatic rings. The van der Waals surface area contributed by atoms with Crippen molar-refractivity contribution in [3.8, 4) is 0 Å². The Balaban J connectivity index is 2.39. The second kappa shape index (κ2) is 7.22. The third-order valence-electron chi connectivity index (χ3n) is 2.82. The molecule has 0 bridgehead atoms. The minimum absolute atomic E-state index is 0.141. The van der Waals surface area contributed by atoms with E-state index < -0.39 is 0 Å². The van der Waals surface area contributed by atoms with Crippen molar-refractivity contribution in [2.24, 2.45) is 0 Å². The van der Waals surface area contributed by atoms with Crippen LogP contribution in [-0.2, 0) is 6.54 Å². The highest BCUT2D eigenvalue weighted by atomic mass is 16.1. The minimum Gasteiger partial charge on any atom is -0.315 e. The van der Waals surface area contributed by atoms with E-state index in [4.69, 9.17) is 0 Å². The molecule has 1 aromatic rings. The molecular weight excluding hydrogens is 214 g/mol. The van der Waals surface area contributed by atoms with Gasteiger partial charge in [0.2, 0.25) is 0 Å². The zero-order valence-corrected chi connectivity index (χ0v) is 11.1. The highest BCUT2D eigenvalue weighted by Gasteiger charge is 2.01. The van der Waals surface area contributed by atoms with Gasteiger partial charge in [-0.3, -0.25) is 4.57 Å². The Morgan fingerprint density at radius 2 is 2.06 bits per heavy atom. The summed E-state index contributed by atoms with van der Waals surface area (Å²) in [5.41, 5.74) is 1.63. The SMILES string of the molecule is CCCCCNCCn1c(C)cc(C)nc1=O. The van der Waals surface area contributed by atoms with Crippen molar-refractivity contribution in [3.63, 3.8) is 0 Å². The van der Waals surface area contributed by atoms with Crippen LogP contribution in [0.25, 0.3) is 0 Å². The third kappa shape index (κ3) is 4.69.